The zero-order valence-electron chi connectivity index (χ0n) is 12.0. The number of aliphatic imine (C=N–C) groups is 1. The van der Waals surface area contributed by atoms with E-state index >= 15 is 0 Å². The van der Waals surface area contributed by atoms with Gasteiger partial charge in [0.15, 0.2) is 5.96 Å². The highest BCUT2D eigenvalue weighted by Gasteiger charge is 2.11. The first-order valence-corrected chi connectivity index (χ1v) is 7.00. The molecule has 1 fully saturated rings. The van der Waals surface area contributed by atoms with Crippen molar-refractivity contribution in [3.8, 4) is 0 Å². The summed E-state index contributed by atoms with van der Waals surface area (Å²) in [6.07, 6.45) is 8.01. The molecule has 0 aliphatic carbocycles. The minimum atomic E-state index is -0.184. The summed E-state index contributed by atoms with van der Waals surface area (Å²) >= 11 is 0. The normalized spacial score (nSPS) is 15.8. The fourth-order valence-electron chi connectivity index (χ4n) is 2.19. The van der Waals surface area contributed by atoms with Crippen LogP contribution in [0.3, 0.4) is 0 Å². The summed E-state index contributed by atoms with van der Waals surface area (Å²) in [5.41, 5.74) is 6.61. The highest BCUT2D eigenvalue weighted by Crippen LogP contribution is 2.09. The fourth-order valence-corrected chi connectivity index (χ4v) is 2.19. The van der Waals surface area contributed by atoms with Crippen LogP contribution in [-0.4, -0.2) is 41.4 Å². The average Bonchev–Trinajstić information content (AvgIpc) is 2.75. The molecule has 3 N–H and O–H groups in total. The van der Waals surface area contributed by atoms with E-state index in [0.717, 1.165) is 25.9 Å². The molecule has 1 saturated heterocycles. The molecule has 0 atom stereocenters. The summed E-state index contributed by atoms with van der Waals surface area (Å²) in [5, 5.41) is 2.73. The molecule has 0 bridgehead atoms. The molecule has 2 heterocycles. The van der Waals surface area contributed by atoms with Crippen molar-refractivity contribution in [2.75, 3.05) is 25.0 Å². The van der Waals surface area contributed by atoms with Gasteiger partial charge in [-0.1, -0.05) is 12.8 Å². The lowest BCUT2D eigenvalue weighted by Crippen LogP contribution is -2.38. The van der Waals surface area contributed by atoms with Crippen LogP contribution in [0.5, 0.6) is 0 Å². The lowest BCUT2D eigenvalue weighted by molar-refractivity contribution is -0.114. The Morgan fingerprint density at radius 2 is 2.05 bits per heavy atom. The number of carbonyl (C=O) groups is 1. The molecular weight excluding hydrogens is 381 g/mol. The first kappa shape index (κ1) is 17.7. The number of nitrogens with one attached hydrogen (secondary N) is 1. The first-order chi connectivity index (χ1) is 9.75. The first-order valence-electron chi connectivity index (χ1n) is 7.00. The number of halogens is 1. The van der Waals surface area contributed by atoms with Crippen molar-refractivity contribution in [3.63, 3.8) is 0 Å². The van der Waals surface area contributed by atoms with Gasteiger partial charge in [0, 0.05) is 19.3 Å². The molecule has 21 heavy (non-hydrogen) atoms. The average molecular weight is 403 g/mol. The minimum Gasteiger partial charge on any atom is -0.370 e. The van der Waals surface area contributed by atoms with Gasteiger partial charge in [-0.15, -0.1) is 24.0 Å². The Morgan fingerprint density at radius 1 is 1.33 bits per heavy atom. The monoisotopic (exact) mass is 403 g/mol. The SMILES string of the molecule is I.NC(=NCC(=O)Nc1cccnc1)N1CCCCCC1. The third-order valence-corrected chi connectivity index (χ3v) is 3.26. The largest absolute Gasteiger partial charge is 0.370 e. The van der Waals surface area contributed by atoms with E-state index in [1.807, 2.05) is 0 Å². The third-order valence-electron chi connectivity index (χ3n) is 3.26. The zero-order chi connectivity index (χ0) is 14.2. The molecule has 1 aliphatic heterocycles. The molecule has 7 heteroatoms. The van der Waals surface area contributed by atoms with Crippen LogP contribution in [0.4, 0.5) is 5.69 Å². The Morgan fingerprint density at radius 3 is 2.67 bits per heavy atom. The van der Waals surface area contributed by atoms with E-state index in [9.17, 15) is 4.79 Å². The van der Waals surface area contributed by atoms with Gasteiger partial charge in [0.05, 0.1) is 11.9 Å². The molecule has 0 saturated carbocycles. The van der Waals surface area contributed by atoms with E-state index in [-0.39, 0.29) is 36.4 Å². The van der Waals surface area contributed by atoms with Gasteiger partial charge in [-0.2, -0.15) is 0 Å². The van der Waals surface area contributed by atoms with Crippen molar-refractivity contribution in [3.05, 3.63) is 24.5 Å². The second-order valence-electron chi connectivity index (χ2n) is 4.87. The van der Waals surface area contributed by atoms with E-state index in [2.05, 4.69) is 20.2 Å². The summed E-state index contributed by atoms with van der Waals surface area (Å²) in [6.45, 7) is 1.90. The molecule has 0 radical (unpaired) electrons. The summed E-state index contributed by atoms with van der Waals surface area (Å²) in [4.78, 5) is 21.9. The molecule has 1 aromatic heterocycles. The van der Waals surface area contributed by atoms with Crippen molar-refractivity contribution < 1.29 is 4.79 Å². The van der Waals surface area contributed by atoms with Crippen LogP contribution in [0, 0.1) is 0 Å². The molecule has 0 spiro atoms. The number of hydrogen-bond acceptors (Lipinski definition) is 3. The topological polar surface area (TPSA) is 83.6 Å². The van der Waals surface area contributed by atoms with Crippen LogP contribution in [0.1, 0.15) is 25.7 Å². The fraction of sp³-hybridized carbons (Fsp3) is 0.500. The Kier molecular flexibility index (Phi) is 8.03. The van der Waals surface area contributed by atoms with E-state index in [0.29, 0.717) is 11.6 Å². The number of likely N-dealkylation sites (tertiary alicyclic amines) is 1. The zero-order valence-corrected chi connectivity index (χ0v) is 14.3. The highest BCUT2D eigenvalue weighted by molar-refractivity contribution is 14.0. The van der Waals surface area contributed by atoms with E-state index in [1.54, 1.807) is 24.5 Å². The van der Waals surface area contributed by atoms with Crippen LogP contribution in [0.25, 0.3) is 0 Å². The molecule has 2 rings (SSSR count). The maximum absolute atomic E-state index is 11.7. The molecule has 0 aromatic carbocycles. The van der Waals surface area contributed by atoms with Crippen LogP contribution >= 0.6 is 24.0 Å². The predicted octanol–water partition coefficient (Wildman–Crippen LogP) is 1.83. The number of nitrogens with two attached hydrogens (primary N) is 1. The Labute approximate surface area is 142 Å². The Balaban J connectivity index is 0.00000220. The summed E-state index contributed by atoms with van der Waals surface area (Å²) in [7, 11) is 0. The van der Waals surface area contributed by atoms with Crippen LogP contribution in [-0.2, 0) is 4.79 Å². The van der Waals surface area contributed by atoms with Gasteiger partial charge >= 0.3 is 0 Å². The van der Waals surface area contributed by atoms with Crippen LogP contribution in [0.15, 0.2) is 29.5 Å². The van der Waals surface area contributed by atoms with Crippen molar-refractivity contribution in [1.82, 2.24) is 9.88 Å². The Bertz CT molecular complexity index is 458. The number of hydrogen-bond donors (Lipinski definition) is 2. The van der Waals surface area contributed by atoms with Gasteiger partial charge in [-0.25, -0.2) is 4.99 Å². The van der Waals surface area contributed by atoms with E-state index < -0.39 is 0 Å². The van der Waals surface area contributed by atoms with Crippen molar-refractivity contribution >= 4 is 41.5 Å². The molecule has 1 amide bonds. The standard InChI is InChI=1S/C14H21N5O.HI/c15-14(19-8-3-1-2-4-9-19)17-11-13(20)18-12-6-5-7-16-10-12;/h5-7,10H,1-4,8-9,11H2,(H2,15,17)(H,18,20);1H. The minimum absolute atomic E-state index is 0. The number of nitrogens with zero attached hydrogens (tertiary/aromatic N) is 3. The number of guanidine groups is 1. The maximum Gasteiger partial charge on any atom is 0.246 e. The van der Waals surface area contributed by atoms with E-state index in [4.69, 9.17) is 5.73 Å². The molecular formula is C14H22IN5O. The van der Waals surface area contributed by atoms with Crippen molar-refractivity contribution in [1.29, 1.82) is 0 Å². The van der Waals surface area contributed by atoms with Gasteiger partial charge in [0.1, 0.15) is 6.54 Å². The number of rotatable bonds is 3. The number of anilines is 1. The van der Waals surface area contributed by atoms with E-state index in [1.165, 1.54) is 12.8 Å². The van der Waals surface area contributed by atoms with Gasteiger partial charge in [0.2, 0.25) is 5.91 Å². The predicted molar refractivity (Wildman–Crippen MR) is 94.8 cm³/mol. The van der Waals surface area contributed by atoms with Crippen LogP contribution < -0.4 is 11.1 Å². The van der Waals surface area contributed by atoms with Crippen molar-refractivity contribution in [2.24, 2.45) is 10.7 Å². The van der Waals surface area contributed by atoms with Gasteiger partial charge < -0.3 is 16.0 Å². The summed E-state index contributed by atoms with van der Waals surface area (Å²) < 4.78 is 0. The quantitative estimate of drug-likeness (QED) is 0.458. The highest BCUT2D eigenvalue weighted by atomic mass is 127. The lowest BCUT2D eigenvalue weighted by Gasteiger charge is -2.20. The van der Waals surface area contributed by atoms with Gasteiger partial charge in [0.25, 0.3) is 0 Å². The second kappa shape index (κ2) is 9.54. The number of amides is 1. The molecule has 116 valence electrons. The number of carbonyl (C=O) groups excluding carboxylic acids is 1. The summed E-state index contributed by atoms with van der Waals surface area (Å²) in [6, 6.07) is 3.55. The molecule has 0 unspecified atom stereocenters. The van der Waals surface area contributed by atoms with Crippen molar-refractivity contribution in [2.45, 2.75) is 25.7 Å². The number of pyridine rings is 1. The molecule has 6 nitrogen and oxygen atoms in total. The maximum atomic E-state index is 11.7. The smallest absolute Gasteiger partial charge is 0.246 e. The summed E-state index contributed by atoms with van der Waals surface area (Å²) in [5.74, 6) is 0.281. The van der Waals surface area contributed by atoms with Gasteiger partial charge in [-0.05, 0) is 25.0 Å². The molecule has 1 aliphatic rings. The van der Waals surface area contributed by atoms with Gasteiger partial charge in [-0.3, -0.25) is 9.78 Å². The Hall–Kier alpha value is -1.38. The lowest BCUT2D eigenvalue weighted by atomic mass is 10.2. The van der Waals surface area contributed by atoms with Crippen LogP contribution in [0.2, 0.25) is 0 Å². The molecule has 1 aromatic rings. The third kappa shape index (κ3) is 6.28. The second-order valence-corrected chi connectivity index (χ2v) is 4.87. The number of aromatic nitrogens is 1.